The molecule has 0 aliphatic carbocycles. The Bertz CT molecular complexity index is 1170. The molecular formula is C31H33F3O2. The van der Waals surface area contributed by atoms with Crippen LogP contribution < -0.4 is 4.74 Å². The molecule has 0 saturated carbocycles. The van der Waals surface area contributed by atoms with Crippen molar-refractivity contribution in [2.75, 3.05) is 13.2 Å². The summed E-state index contributed by atoms with van der Waals surface area (Å²) >= 11 is 0. The van der Waals surface area contributed by atoms with Gasteiger partial charge in [0.1, 0.15) is 12.4 Å². The van der Waals surface area contributed by atoms with Crippen molar-refractivity contribution in [3.8, 4) is 28.0 Å². The van der Waals surface area contributed by atoms with Crippen LogP contribution in [0.15, 0.2) is 67.3 Å². The average molecular weight is 495 g/mol. The molecule has 190 valence electrons. The van der Waals surface area contributed by atoms with Crippen molar-refractivity contribution in [2.45, 2.75) is 51.6 Å². The van der Waals surface area contributed by atoms with Gasteiger partial charge in [-0.15, -0.1) is 0 Å². The molecule has 1 heterocycles. The summed E-state index contributed by atoms with van der Waals surface area (Å²) in [6, 6.07) is 14.9. The van der Waals surface area contributed by atoms with Gasteiger partial charge in [0, 0.05) is 11.1 Å². The second-order valence-corrected chi connectivity index (χ2v) is 9.42. The van der Waals surface area contributed by atoms with Gasteiger partial charge in [0.25, 0.3) is 0 Å². The molecule has 2 nitrogen and oxygen atoms in total. The first-order valence-electron chi connectivity index (χ1n) is 12.7. The van der Waals surface area contributed by atoms with E-state index in [1.807, 2.05) is 6.07 Å². The fourth-order valence-corrected chi connectivity index (χ4v) is 4.79. The Kier molecular flexibility index (Phi) is 8.87. The van der Waals surface area contributed by atoms with Crippen LogP contribution in [0.3, 0.4) is 0 Å². The van der Waals surface area contributed by atoms with Gasteiger partial charge in [-0.1, -0.05) is 75.2 Å². The molecule has 0 aromatic heterocycles. The second-order valence-electron chi connectivity index (χ2n) is 9.42. The van der Waals surface area contributed by atoms with E-state index in [4.69, 9.17) is 9.47 Å². The van der Waals surface area contributed by atoms with Crippen LogP contribution in [-0.4, -0.2) is 13.2 Å². The molecule has 1 fully saturated rings. The van der Waals surface area contributed by atoms with Gasteiger partial charge in [-0.3, -0.25) is 0 Å². The first-order valence-corrected chi connectivity index (χ1v) is 12.7. The number of ether oxygens (including phenoxy) is 2. The van der Waals surface area contributed by atoms with Gasteiger partial charge in [0.2, 0.25) is 5.82 Å². The van der Waals surface area contributed by atoms with Crippen LogP contribution in [0.25, 0.3) is 22.3 Å². The number of unbranched alkanes of at least 4 members (excludes halogenated alkanes) is 2. The van der Waals surface area contributed by atoms with Crippen LogP contribution in [0.5, 0.6) is 5.75 Å². The Morgan fingerprint density at radius 2 is 1.64 bits per heavy atom. The summed E-state index contributed by atoms with van der Waals surface area (Å²) < 4.78 is 55.3. The number of rotatable bonds is 10. The highest BCUT2D eigenvalue weighted by atomic mass is 19.2. The van der Waals surface area contributed by atoms with E-state index in [2.05, 4.69) is 13.5 Å². The summed E-state index contributed by atoms with van der Waals surface area (Å²) in [5.74, 6) is -1.92. The predicted octanol–water partition coefficient (Wildman–Crippen LogP) is 9.05. The molecule has 0 bridgehead atoms. The number of hydrogen-bond donors (Lipinski definition) is 0. The van der Waals surface area contributed by atoms with Crippen LogP contribution in [-0.2, 0) is 4.74 Å². The molecule has 2 atom stereocenters. The minimum Gasteiger partial charge on any atom is -0.486 e. The third kappa shape index (κ3) is 6.01. The number of halogens is 3. The summed E-state index contributed by atoms with van der Waals surface area (Å²) in [5.41, 5.74) is 2.58. The smallest absolute Gasteiger partial charge is 0.201 e. The van der Waals surface area contributed by atoms with Gasteiger partial charge in [-0.2, -0.15) is 4.39 Å². The third-order valence-corrected chi connectivity index (χ3v) is 6.86. The quantitative estimate of drug-likeness (QED) is 0.207. The lowest BCUT2D eigenvalue weighted by Gasteiger charge is -2.29. The van der Waals surface area contributed by atoms with Crippen LogP contribution in [0.4, 0.5) is 13.2 Å². The summed E-state index contributed by atoms with van der Waals surface area (Å²) in [6.07, 6.45) is 8.33. The molecule has 1 saturated heterocycles. The fourth-order valence-electron chi connectivity index (χ4n) is 4.79. The molecule has 0 spiro atoms. The number of hydrogen-bond acceptors (Lipinski definition) is 2. The van der Waals surface area contributed by atoms with Crippen LogP contribution in [0.1, 0.15) is 57.1 Å². The maximum Gasteiger partial charge on any atom is 0.201 e. The Morgan fingerprint density at radius 3 is 2.28 bits per heavy atom. The Balaban J connectivity index is 1.44. The SMILES string of the molecule is C=CCOc1ccc(-c2ccc(-c3ccc(C4CCC(CCCCC)CO4)cc3F)cc2)c(F)c1F. The van der Waals surface area contributed by atoms with E-state index in [9.17, 15) is 8.78 Å². The van der Waals surface area contributed by atoms with E-state index in [1.54, 1.807) is 36.4 Å². The first-order chi connectivity index (χ1) is 17.5. The van der Waals surface area contributed by atoms with Crippen LogP contribution in [0.2, 0.25) is 0 Å². The van der Waals surface area contributed by atoms with E-state index in [1.165, 1.54) is 43.9 Å². The van der Waals surface area contributed by atoms with E-state index < -0.39 is 11.6 Å². The van der Waals surface area contributed by atoms with Crippen molar-refractivity contribution in [3.63, 3.8) is 0 Å². The fraction of sp³-hybridized carbons (Fsp3) is 0.355. The first kappa shape index (κ1) is 26.0. The molecule has 3 aromatic rings. The summed E-state index contributed by atoms with van der Waals surface area (Å²) in [6.45, 7) is 6.53. The van der Waals surface area contributed by atoms with E-state index in [0.29, 0.717) is 22.6 Å². The highest BCUT2D eigenvalue weighted by molar-refractivity contribution is 5.71. The van der Waals surface area contributed by atoms with Crippen LogP contribution in [0, 0.1) is 23.4 Å². The molecule has 5 heteroatoms. The van der Waals surface area contributed by atoms with Gasteiger partial charge in [0.15, 0.2) is 11.6 Å². The standard InChI is InChI=1S/C31H33F3O2/c1-3-5-6-7-21-8-16-28(36-20-21)24-13-14-25(27(32)19-24)22-9-11-23(12-10-22)26-15-17-29(35-18-4-2)31(34)30(26)33/h4,9-15,17,19,21,28H,2-3,5-8,16,18,20H2,1H3. The largest absolute Gasteiger partial charge is 0.486 e. The van der Waals surface area contributed by atoms with Crippen LogP contribution >= 0.6 is 0 Å². The zero-order valence-electron chi connectivity index (χ0n) is 20.7. The molecule has 3 aromatic carbocycles. The summed E-state index contributed by atoms with van der Waals surface area (Å²) in [4.78, 5) is 0. The van der Waals surface area contributed by atoms with Crippen molar-refractivity contribution < 1.29 is 22.6 Å². The molecule has 2 unspecified atom stereocenters. The molecule has 0 radical (unpaired) electrons. The second kappa shape index (κ2) is 12.3. The van der Waals surface area contributed by atoms with Gasteiger partial charge in [-0.05, 0) is 60.1 Å². The minimum absolute atomic E-state index is 0.0744. The molecule has 0 N–H and O–H groups in total. The van der Waals surface area contributed by atoms with Gasteiger partial charge >= 0.3 is 0 Å². The lowest BCUT2D eigenvalue weighted by Crippen LogP contribution is -2.20. The van der Waals surface area contributed by atoms with E-state index in [-0.39, 0.29) is 29.8 Å². The van der Waals surface area contributed by atoms with Gasteiger partial charge in [0.05, 0.1) is 12.7 Å². The molecular weight excluding hydrogens is 461 g/mol. The Labute approximate surface area is 211 Å². The highest BCUT2D eigenvalue weighted by Gasteiger charge is 2.23. The molecule has 1 aliphatic heterocycles. The minimum atomic E-state index is -1.04. The average Bonchev–Trinajstić information content (AvgIpc) is 2.90. The van der Waals surface area contributed by atoms with Crippen molar-refractivity contribution in [1.82, 2.24) is 0 Å². The normalized spacial score (nSPS) is 17.7. The summed E-state index contributed by atoms with van der Waals surface area (Å²) in [5, 5.41) is 0. The van der Waals surface area contributed by atoms with Crippen molar-refractivity contribution in [1.29, 1.82) is 0 Å². The molecule has 1 aliphatic rings. The maximum atomic E-state index is 15.1. The lowest BCUT2D eigenvalue weighted by atomic mass is 9.90. The lowest BCUT2D eigenvalue weighted by molar-refractivity contribution is -0.0200. The zero-order chi connectivity index (χ0) is 25.5. The Hall–Kier alpha value is -3.05. The van der Waals surface area contributed by atoms with Gasteiger partial charge in [-0.25, -0.2) is 8.78 Å². The third-order valence-electron chi connectivity index (χ3n) is 6.86. The topological polar surface area (TPSA) is 18.5 Å². The molecule has 36 heavy (non-hydrogen) atoms. The highest BCUT2D eigenvalue weighted by Crippen LogP contribution is 2.36. The molecule has 0 amide bonds. The monoisotopic (exact) mass is 494 g/mol. The summed E-state index contributed by atoms with van der Waals surface area (Å²) in [7, 11) is 0. The Morgan fingerprint density at radius 1 is 0.917 bits per heavy atom. The van der Waals surface area contributed by atoms with Crippen molar-refractivity contribution in [2.24, 2.45) is 5.92 Å². The van der Waals surface area contributed by atoms with E-state index in [0.717, 1.165) is 25.0 Å². The zero-order valence-corrected chi connectivity index (χ0v) is 20.7. The number of benzene rings is 3. The molecule has 4 rings (SSSR count). The maximum absolute atomic E-state index is 15.1. The van der Waals surface area contributed by atoms with E-state index >= 15 is 4.39 Å². The predicted molar refractivity (Wildman–Crippen MR) is 138 cm³/mol. The van der Waals surface area contributed by atoms with Crippen molar-refractivity contribution >= 4 is 0 Å². The van der Waals surface area contributed by atoms with Gasteiger partial charge < -0.3 is 9.47 Å². The van der Waals surface area contributed by atoms with Crippen molar-refractivity contribution in [3.05, 3.63) is 90.3 Å².